The molecule has 0 amide bonds. The fraction of sp³-hybridized carbons (Fsp3) is 0.0169. The van der Waals surface area contributed by atoms with Crippen LogP contribution in [0.2, 0.25) is 0 Å². The van der Waals surface area contributed by atoms with E-state index >= 15 is 0 Å². The maximum atomic E-state index is 10.5. The van der Waals surface area contributed by atoms with Crippen LogP contribution in [-0.4, -0.2) is 9.13 Å². The number of aryl methyl sites for hydroxylation is 1. The molecule has 0 saturated carbocycles. The van der Waals surface area contributed by atoms with Crippen molar-refractivity contribution in [2.24, 2.45) is 0 Å². The molecule has 6 nitrogen and oxygen atoms in total. The van der Waals surface area contributed by atoms with Crippen molar-refractivity contribution >= 4 is 49.3 Å². The smallest absolute Gasteiger partial charge is 0.194 e. The molecule has 0 bridgehead atoms. The Morgan fingerprint density at radius 3 is 1.52 bits per heavy atom. The molecule has 6 heteroatoms. The van der Waals surface area contributed by atoms with Gasteiger partial charge in [-0.15, -0.1) is 0 Å². The summed E-state index contributed by atoms with van der Waals surface area (Å²) >= 11 is 0. The third-order valence-corrected chi connectivity index (χ3v) is 12.6. The third kappa shape index (κ3) is 6.22. The van der Waals surface area contributed by atoms with Gasteiger partial charge in [-0.3, -0.25) is 0 Å². The van der Waals surface area contributed by atoms with E-state index in [9.17, 15) is 15.8 Å². The zero-order valence-corrected chi connectivity index (χ0v) is 35.1. The van der Waals surface area contributed by atoms with Crippen LogP contribution in [0.15, 0.2) is 188 Å². The Hall–Kier alpha value is -9.46. The lowest BCUT2D eigenvalue weighted by molar-refractivity contribution is 1.16. The summed E-state index contributed by atoms with van der Waals surface area (Å²) in [5.41, 5.74) is 16.6. The molecule has 0 spiro atoms. The molecule has 2 aromatic heterocycles. The fourth-order valence-electron chi connectivity index (χ4n) is 9.64. The normalized spacial score (nSPS) is 11.1. The lowest BCUT2D eigenvalue weighted by atomic mass is 9.92. The lowest BCUT2D eigenvalue weighted by Crippen LogP contribution is -2.02. The molecule has 0 aliphatic carbocycles. The molecule has 0 radical (unpaired) electrons. The maximum absolute atomic E-state index is 10.5. The monoisotopic (exact) mass is 826 g/mol. The summed E-state index contributed by atoms with van der Waals surface area (Å²) in [5.74, 6) is 0. The van der Waals surface area contributed by atoms with E-state index in [1.807, 2.05) is 85.8 Å². The average Bonchev–Trinajstić information content (AvgIpc) is 3.87. The molecular weight excluding hydrogens is 793 g/mol. The third-order valence-electron chi connectivity index (χ3n) is 12.6. The van der Waals surface area contributed by atoms with Crippen molar-refractivity contribution in [1.82, 2.24) is 9.13 Å². The Bertz CT molecular complexity index is 3970. The number of fused-ring (bicyclic) bond motifs is 6. The molecule has 65 heavy (non-hydrogen) atoms. The summed E-state index contributed by atoms with van der Waals surface area (Å²) in [7, 11) is 0. The van der Waals surface area contributed by atoms with Gasteiger partial charge in [0.15, 0.2) is 5.69 Å². The molecular formula is C59H34N6. The molecule has 0 aliphatic rings. The Labute approximate surface area is 375 Å². The lowest BCUT2D eigenvalue weighted by Gasteiger charge is -2.20. The highest BCUT2D eigenvalue weighted by molar-refractivity contribution is 6.13. The van der Waals surface area contributed by atoms with Crippen LogP contribution in [0, 0.1) is 47.5 Å². The van der Waals surface area contributed by atoms with E-state index in [2.05, 4.69) is 141 Å². The molecule has 0 aliphatic heterocycles. The van der Waals surface area contributed by atoms with Gasteiger partial charge in [-0.25, -0.2) is 4.85 Å². The summed E-state index contributed by atoms with van der Waals surface area (Å²) in [6.07, 6.45) is 0. The minimum Gasteiger partial charge on any atom is -0.309 e. The standard InChI is InChI=1S/C59H34N6/c1-37-29-38(34-60)19-24-44(37)40-21-26-59(65-55-18-10-6-14-47(55)50-32-41(22-27-57(50)65)45-12-4-3-11-43(45)36-62)52(31-40)49-30-39(35-61)20-25-56(49)64-54-17-9-7-15-48(54)51-33-42(23-28-58(51)64)46-13-5-8-16-53(46)63-2/h3-33H,1H3. The zero-order chi connectivity index (χ0) is 44.2. The van der Waals surface area contributed by atoms with Gasteiger partial charge in [0.05, 0.1) is 74.9 Å². The van der Waals surface area contributed by atoms with Gasteiger partial charge in [0, 0.05) is 32.7 Å². The minimum absolute atomic E-state index is 0.525. The van der Waals surface area contributed by atoms with Gasteiger partial charge in [-0.2, -0.15) is 15.8 Å². The molecule has 11 rings (SSSR count). The van der Waals surface area contributed by atoms with Crippen LogP contribution < -0.4 is 0 Å². The maximum Gasteiger partial charge on any atom is 0.194 e. The topological polar surface area (TPSA) is 85.6 Å². The molecule has 0 saturated heterocycles. The summed E-state index contributed by atoms with van der Waals surface area (Å²) in [6, 6.07) is 70.4. The SMILES string of the molecule is [C-]#[N+]c1ccccc1-c1ccc2c(c1)c1ccccc1n2-c1ccc(C#N)cc1-c1cc(-c2ccc(C#N)cc2C)ccc1-n1c2ccccc2c2cc(-c3ccccc3C#N)ccc21. The highest BCUT2D eigenvalue weighted by atomic mass is 15.0. The molecule has 2 heterocycles. The van der Waals surface area contributed by atoms with E-state index in [1.54, 1.807) is 0 Å². The first-order chi connectivity index (χ1) is 32.0. The second-order valence-corrected chi connectivity index (χ2v) is 16.2. The summed E-state index contributed by atoms with van der Waals surface area (Å²) < 4.78 is 4.60. The Morgan fingerprint density at radius 2 is 0.892 bits per heavy atom. The summed E-state index contributed by atoms with van der Waals surface area (Å²) in [5, 5.41) is 34.6. The first kappa shape index (κ1) is 38.5. The van der Waals surface area contributed by atoms with Gasteiger partial charge in [-0.1, -0.05) is 103 Å². The van der Waals surface area contributed by atoms with Crippen LogP contribution in [0.1, 0.15) is 22.3 Å². The number of hydrogen-bond donors (Lipinski definition) is 0. The fourth-order valence-corrected chi connectivity index (χ4v) is 9.64. The molecule has 0 atom stereocenters. The van der Waals surface area contributed by atoms with Crippen molar-refractivity contribution in [2.75, 3.05) is 0 Å². The second kappa shape index (κ2) is 15.5. The van der Waals surface area contributed by atoms with E-state index in [0.717, 1.165) is 105 Å². The first-order valence-electron chi connectivity index (χ1n) is 21.2. The number of hydrogen-bond acceptors (Lipinski definition) is 3. The number of aromatic nitrogens is 2. The molecule has 11 aromatic rings. The van der Waals surface area contributed by atoms with Crippen LogP contribution >= 0.6 is 0 Å². The number of para-hydroxylation sites is 3. The van der Waals surface area contributed by atoms with Gasteiger partial charge in [0.25, 0.3) is 0 Å². The van der Waals surface area contributed by atoms with Gasteiger partial charge in [0.1, 0.15) is 0 Å². The molecule has 0 N–H and O–H groups in total. The highest BCUT2D eigenvalue weighted by Crippen LogP contribution is 2.44. The van der Waals surface area contributed by atoms with E-state index < -0.39 is 0 Å². The van der Waals surface area contributed by atoms with Crippen molar-refractivity contribution in [1.29, 1.82) is 15.8 Å². The van der Waals surface area contributed by atoms with E-state index in [0.29, 0.717) is 22.4 Å². The Kier molecular flexibility index (Phi) is 9.15. The molecule has 300 valence electrons. The van der Waals surface area contributed by atoms with E-state index in [-0.39, 0.29) is 0 Å². The summed E-state index contributed by atoms with van der Waals surface area (Å²) in [4.78, 5) is 3.83. The largest absolute Gasteiger partial charge is 0.309 e. The van der Waals surface area contributed by atoms with Crippen molar-refractivity contribution in [3.63, 3.8) is 0 Å². The quantitative estimate of drug-likeness (QED) is 0.156. The highest BCUT2D eigenvalue weighted by Gasteiger charge is 2.23. The Balaban J connectivity index is 1.22. The average molecular weight is 827 g/mol. The van der Waals surface area contributed by atoms with Crippen molar-refractivity contribution < 1.29 is 0 Å². The summed E-state index contributed by atoms with van der Waals surface area (Å²) in [6.45, 7) is 9.91. The first-order valence-corrected chi connectivity index (χ1v) is 21.2. The zero-order valence-electron chi connectivity index (χ0n) is 35.1. The van der Waals surface area contributed by atoms with Crippen molar-refractivity contribution in [3.05, 3.63) is 222 Å². The van der Waals surface area contributed by atoms with Crippen LogP contribution in [0.4, 0.5) is 5.69 Å². The number of benzene rings is 9. The second-order valence-electron chi connectivity index (χ2n) is 16.2. The van der Waals surface area contributed by atoms with Crippen LogP contribution in [0.3, 0.4) is 0 Å². The predicted octanol–water partition coefficient (Wildman–Crippen LogP) is 15.0. The van der Waals surface area contributed by atoms with Gasteiger partial charge in [0.2, 0.25) is 0 Å². The Morgan fingerprint density at radius 1 is 0.400 bits per heavy atom. The van der Waals surface area contributed by atoms with Crippen molar-refractivity contribution in [2.45, 2.75) is 6.92 Å². The minimum atomic E-state index is 0.525. The van der Waals surface area contributed by atoms with Gasteiger partial charge in [-0.05, 0) is 131 Å². The molecule has 0 fully saturated rings. The number of nitrogens with zero attached hydrogens (tertiary/aromatic N) is 6. The van der Waals surface area contributed by atoms with E-state index in [1.165, 1.54) is 0 Å². The number of nitriles is 3. The molecule has 0 unspecified atom stereocenters. The predicted molar refractivity (Wildman–Crippen MR) is 262 cm³/mol. The van der Waals surface area contributed by atoms with E-state index in [4.69, 9.17) is 6.57 Å². The van der Waals surface area contributed by atoms with Crippen molar-refractivity contribution in [3.8, 4) is 74.1 Å². The van der Waals surface area contributed by atoms with Crippen LogP contribution in [0.5, 0.6) is 0 Å². The van der Waals surface area contributed by atoms with Crippen LogP contribution in [-0.2, 0) is 0 Å². The number of rotatable bonds is 6. The van der Waals surface area contributed by atoms with Gasteiger partial charge < -0.3 is 9.13 Å². The van der Waals surface area contributed by atoms with Crippen LogP contribution in [0.25, 0.3) is 104 Å². The van der Waals surface area contributed by atoms with Gasteiger partial charge >= 0.3 is 0 Å². The molecule has 9 aromatic carbocycles.